The second-order valence-electron chi connectivity index (χ2n) is 8.14. The lowest BCUT2D eigenvalue weighted by Crippen LogP contribution is -2.49. The highest BCUT2D eigenvalue weighted by atomic mass is 127. The van der Waals surface area contributed by atoms with Crippen molar-refractivity contribution in [1.29, 1.82) is 0 Å². The topological polar surface area (TPSA) is 58.1 Å². The van der Waals surface area contributed by atoms with Gasteiger partial charge in [-0.25, -0.2) is 4.99 Å². The number of aliphatic imine (C=N–C) groups is 1. The Balaban J connectivity index is 0.00000450. The van der Waals surface area contributed by atoms with Crippen molar-refractivity contribution in [2.24, 2.45) is 4.99 Å². The number of piperidine rings is 1. The van der Waals surface area contributed by atoms with Gasteiger partial charge in [0, 0.05) is 32.2 Å². The molecule has 0 aliphatic carbocycles. The molecule has 2 N–H and O–H groups in total. The van der Waals surface area contributed by atoms with E-state index < -0.39 is 0 Å². The van der Waals surface area contributed by atoms with E-state index in [4.69, 9.17) is 14.5 Å². The van der Waals surface area contributed by atoms with Crippen LogP contribution in [0.2, 0.25) is 0 Å². The summed E-state index contributed by atoms with van der Waals surface area (Å²) >= 11 is 0. The molecular formula is C23H41IN4O2. The van der Waals surface area contributed by atoms with Crippen molar-refractivity contribution in [3.8, 4) is 5.75 Å². The van der Waals surface area contributed by atoms with Gasteiger partial charge in [0.2, 0.25) is 0 Å². The van der Waals surface area contributed by atoms with E-state index in [9.17, 15) is 0 Å². The molecule has 1 aromatic carbocycles. The maximum absolute atomic E-state index is 5.98. The third-order valence-electron chi connectivity index (χ3n) is 5.00. The van der Waals surface area contributed by atoms with Crippen LogP contribution in [0.25, 0.3) is 0 Å². The Hall–Kier alpha value is -1.06. The van der Waals surface area contributed by atoms with Gasteiger partial charge in [0.05, 0.1) is 19.3 Å². The normalized spacial score (nSPS) is 16.8. The average molecular weight is 533 g/mol. The zero-order chi connectivity index (χ0) is 21.1. The number of halogens is 1. The van der Waals surface area contributed by atoms with E-state index in [1.165, 1.54) is 5.56 Å². The van der Waals surface area contributed by atoms with Gasteiger partial charge in [-0.1, -0.05) is 17.7 Å². The molecule has 1 atom stereocenters. The molecule has 1 heterocycles. The number of hydrogen-bond acceptors (Lipinski definition) is 4. The SMILES string of the molecule is CCNC(=NCC(C)Oc1ccc(C)cc1)NC1CCN(CCOC(C)C)CC1.I. The Morgan fingerprint density at radius 3 is 2.43 bits per heavy atom. The van der Waals surface area contributed by atoms with Crippen LogP contribution >= 0.6 is 24.0 Å². The molecule has 2 rings (SSSR count). The number of rotatable bonds is 10. The summed E-state index contributed by atoms with van der Waals surface area (Å²) in [7, 11) is 0. The summed E-state index contributed by atoms with van der Waals surface area (Å²) in [5, 5.41) is 6.97. The van der Waals surface area contributed by atoms with Crippen LogP contribution in [0.3, 0.4) is 0 Å². The molecule has 0 spiro atoms. The van der Waals surface area contributed by atoms with Gasteiger partial charge >= 0.3 is 0 Å². The molecule has 1 aliphatic heterocycles. The summed E-state index contributed by atoms with van der Waals surface area (Å²) in [6.45, 7) is 15.9. The molecule has 0 radical (unpaired) electrons. The number of ether oxygens (including phenoxy) is 2. The second kappa shape index (κ2) is 14.9. The maximum atomic E-state index is 5.98. The summed E-state index contributed by atoms with van der Waals surface area (Å²) in [5.74, 6) is 1.78. The Morgan fingerprint density at radius 2 is 1.83 bits per heavy atom. The molecule has 30 heavy (non-hydrogen) atoms. The molecule has 0 saturated carbocycles. The van der Waals surface area contributed by atoms with Crippen molar-refractivity contribution in [2.45, 2.75) is 65.7 Å². The van der Waals surface area contributed by atoms with Gasteiger partial charge < -0.3 is 25.0 Å². The van der Waals surface area contributed by atoms with Crippen molar-refractivity contribution >= 4 is 29.9 Å². The zero-order valence-electron chi connectivity index (χ0n) is 19.3. The van der Waals surface area contributed by atoms with Crippen LogP contribution < -0.4 is 15.4 Å². The van der Waals surface area contributed by atoms with Crippen LogP contribution in [-0.4, -0.2) is 68.4 Å². The van der Waals surface area contributed by atoms with Gasteiger partial charge in [-0.2, -0.15) is 0 Å². The summed E-state index contributed by atoms with van der Waals surface area (Å²) in [5.41, 5.74) is 1.24. The lowest BCUT2D eigenvalue weighted by atomic mass is 10.1. The fraction of sp³-hybridized carbons (Fsp3) is 0.696. The van der Waals surface area contributed by atoms with Crippen LogP contribution in [-0.2, 0) is 4.74 Å². The number of guanidine groups is 1. The molecule has 1 aliphatic rings. The Morgan fingerprint density at radius 1 is 1.17 bits per heavy atom. The van der Waals surface area contributed by atoms with Gasteiger partial charge in [-0.3, -0.25) is 0 Å². The first-order valence-electron chi connectivity index (χ1n) is 11.1. The third-order valence-corrected chi connectivity index (χ3v) is 5.00. The summed E-state index contributed by atoms with van der Waals surface area (Å²) in [6, 6.07) is 8.62. The van der Waals surface area contributed by atoms with E-state index in [1.807, 2.05) is 12.1 Å². The van der Waals surface area contributed by atoms with Gasteiger partial charge in [-0.05, 0) is 59.6 Å². The van der Waals surface area contributed by atoms with Crippen molar-refractivity contribution in [2.75, 3.05) is 39.3 Å². The fourth-order valence-corrected chi connectivity index (χ4v) is 3.34. The number of benzene rings is 1. The predicted octanol–water partition coefficient (Wildman–Crippen LogP) is 3.82. The van der Waals surface area contributed by atoms with Crippen LogP contribution in [0.4, 0.5) is 0 Å². The number of nitrogens with zero attached hydrogens (tertiary/aromatic N) is 2. The van der Waals surface area contributed by atoms with E-state index in [2.05, 4.69) is 62.3 Å². The molecule has 0 bridgehead atoms. The average Bonchev–Trinajstić information content (AvgIpc) is 2.69. The summed E-state index contributed by atoms with van der Waals surface area (Å²) in [6.07, 6.45) is 2.59. The molecule has 6 nitrogen and oxygen atoms in total. The Kier molecular flexibility index (Phi) is 13.4. The molecule has 1 unspecified atom stereocenters. The first-order valence-corrected chi connectivity index (χ1v) is 11.1. The number of nitrogens with one attached hydrogen (secondary N) is 2. The molecular weight excluding hydrogens is 491 g/mol. The van der Waals surface area contributed by atoms with E-state index >= 15 is 0 Å². The van der Waals surface area contributed by atoms with Crippen molar-refractivity contribution in [3.63, 3.8) is 0 Å². The highest BCUT2D eigenvalue weighted by molar-refractivity contribution is 14.0. The standard InChI is InChI=1S/C23H40N4O2.HI/c1-6-24-23(25-17-20(5)29-22-9-7-19(4)8-10-22)26-21-11-13-27(14-12-21)15-16-28-18(2)3;/h7-10,18,20-21H,6,11-17H2,1-5H3,(H2,24,25,26);1H. The molecule has 7 heteroatoms. The van der Waals surface area contributed by atoms with E-state index in [1.54, 1.807) is 0 Å². The van der Waals surface area contributed by atoms with Crippen LogP contribution in [0.15, 0.2) is 29.3 Å². The molecule has 1 fully saturated rings. The number of aryl methyl sites for hydroxylation is 1. The van der Waals surface area contributed by atoms with Crippen molar-refractivity contribution in [3.05, 3.63) is 29.8 Å². The Labute approximate surface area is 200 Å². The summed E-state index contributed by atoms with van der Waals surface area (Å²) < 4.78 is 11.6. The quantitative estimate of drug-likeness (QED) is 0.273. The smallest absolute Gasteiger partial charge is 0.191 e. The highest BCUT2D eigenvalue weighted by Gasteiger charge is 2.20. The van der Waals surface area contributed by atoms with Crippen LogP contribution in [0.5, 0.6) is 5.75 Å². The summed E-state index contributed by atoms with van der Waals surface area (Å²) in [4.78, 5) is 7.23. The lowest BCUT2D eigenvalue weighted by Gasteiger charge is -2.33. The minimum atomic E-state index is 0. The second-order valence-corrected chi connectivity index (χ2v) is 8.14. The van der Waals surface area contributed by atoms with E-state index in [0.29, 0.717) is 18.7 Å². The van der Waals surface area contributed by atoms with E-state index in [0.717, 1.165) is 57.3 Å². The van der Waals surface area contributed by atoms with Gasteiger partial charge in [-0.15, -0.1) is 24.0 Å². The maximum Gasteiger partial charge on any atom is 0.191 e. The van der Waals surface area contributed by atoms with Crippen molar-refractivity contribution < 1.29 is 9.47 Å². The monoisotopic (exact) mass is 532 g/mol. The number of hydrogen-bond donors (Lipinski definition) is 2. The third kappa shape index (κ3) is 10.8. The predicted molar refractivity (Wildman–Crippen MR) is 136 cm³/mol. The Bertz CT molecular complexity index is 602. The molecule has 172 valence electrons. The first kappa shape index (κ1) is 27.0. The first-order chi connectivity index (χ1) is 14.0. The zero-order valence-corrected chi connectivity index (χ0v) is 21.6. The molecule has 1 aromatic rings. The highest BCUT2D eigenvalue weighted by Crippen LogP contribution is 2.13. The molecule has 0 aromatic heterocycles. The minimum absolute atomic E-state index is 0. The molecule has 0 amide bonds. The number of likely N-dealkylation sites (tertiary alicyclic amines) is 1. The van der Waals surface area contributed by atoms with E-state index in [-0.39, 0.29) is 30.1 Å². The molecule has 1 saturated heterocycles. The van der Waals surface area contributed by atoms with Crippen LogP contribution in [0.1, 0.15) is 46.1 Å². The fourth-order valence-electron chi connectivity index (χ4n) is 3.34. The largest absolute Gasteiger partial charge is 0.489 e. The van der Waals surface area contributed by atoms with Gasteiger partial charge in [0.25, 0.3) is 0 Å². The van der Waals surface area contributed by atoms with Crippen LogP contribution in [0, 0.1) is 6.92 Å². The lowest BCUT2D eigenvalue weighted by molar-refractivity contribution is 0.0532. The van der Waals surface area contributed by atoms with Gasteiger partial charge in [0.15, 0.2) is 5.96 Å². The minimum Gasteiger partial charge on any atom is -0.489 e. The van der Waals surface area contributed by atoms with Gasteiger partial charge in [0.1, 0.15) is 11.9 Å². The van der Waals surface area contributed by atoms with Crippen molar-refractivity contribution in [1.82, 2.24) is 15.5 Å².